The predicted octanol–water partition coefficient (Wildman–Crippen LogP) is 1.32. The third-order valence-corrected chi connectivity index (χ3v) is 5.30. The minimum Gasteiger partial charge on any atom is -0.379 e. The van der Waals surface area contributed by atoms with Crippen molar-refractivity contribution < 1.29 is 4.74 Å². The number of rotatable bonds is 5. The molecule has 0 amide bonds. The van der Waals surface area contributed by atoms with Gasteiger partial charge in [0.15, 0.2) is 0 Å². The van der Waals surface area contributed by atoms with Gasteiger partial charge in [0.25, 0.3) is 0 Å². The zero-order chi connectivity index (χ0) is 14.7. The molecule has 2 N–H and O–H groups in total. The van der Waals surface area contributed by atoms with E-state index in [1.54, 1.807) is 0 Å². The number of aryl methyl sites for hydroxylation is 2. The Labute approximate surface area is 127 Å². The van der Waals surface area contributed by atoms with Gasteiger partial charge in [-0.3, -0.25) is 9.58 Å². The van der Waals surface area contributed by atoms with E-state index in [4.69, 9.17) is 10.5 Å². The first-order valence-electron chi connectivity index (χ1n) is 8.27. The first-order chi connectivity index (χ1) is 10.2. The molecule has 1 aromatic rings. The smallest absolute Gasteiger partial charge is 0.0594 e. The highest BCUT2D eigenvalue weighted by Crippen LogP contribution is 2.39. The summed E-state index contributed by atoms with van der Waals surface area (Å²) in [6, 6.07) is 0.248. The third-order valence-electron chi connectivity index (χ3n) is 5.30. The lowest BCUT2D eigenvalue weighted by atomic mass is 9.83. The lowest BCUT2D eigenvalue weighted by Gasteiger charge is -2.47. The van der Waals surface area contributed by atoms with Crippen LogP contribution in [0.3, 0.4) is 0 Å². The quantitative estimate of drug-likeness (QED) is 0.889. The molecule has 1 aromatic heterocycles. The maximum atomic E-state index is 6.69. The average Bonchev–Trinajstić information content (AvgIpc) is 3.15. The SMILES string of the molecule is Cn1cc(CCC(N)C2(N3CCOCC3)CCCC2)cn1. The van der Waals surface area contributed by atoms with Gasteiger partial charge in [0.2, 0.25) is 0 Å². The van der Waals surface area contributed by atoms with Crippen molar-refractivity contribution >= 4 is 0 Å². The molecule has 5 heteroatoms. The Morgan fingerprint density at radius 3 is 2.67 bits per heavy atom. The molecule has 0 spiro atoms. The van der Waals surface area contributed by atoms with E-state index in [1.807, 2.05) is 17.9 Å². The Morgan fingerprint density at radius 2 is 2.05 bits per heavy atom. The maximum absolute atomic E-state index is 6.69. The molecule has 1 aliphatic heterocycles. The van der Waals surface area contributed by atoms with E-state index in [0.29, 0.717) is 0 Å². The summed E-state index contributed by atoms with van der Waals surface area (Å²) in [4.78, 5) is 2.62. The number of morpholine rings is 1. The maximum Gasteiger partial charge on any atom is 0.0594 e. The molecule has 0 bridgehead atoms. The number of aromatic nitrogens is 2. The molecule has 0 radical (unpaired) electrons. The van der Waals surface area contributed by atoms with Gasteiger partial charge in [0.1, 0.15) is 0 Å². The highest BCUT2D eigenvalue weighted by molar-refractivity contribution is 5.08. The van der Waals surface area contributed by atoms with Crippen LogP contribution in [0.1, 0.15) is 37.7 Å². The Kier molecular flexibility index (Phi) is 4.62. The lowest BCUT2D eigenvalue weighted by molar-refractivity contribution is -0.0315. The second-order valence-corrected chi connectivity index (χ2v) is 6.58. The Morgan fingerprint density at radius 1 is 1.33 bits per heavy atom. The van der Waals surface area contributed by atoms with E-state index in [1.165, 1.54) is 31.2 Å². The summed E-state index contributed by atoms with van der Waals surface area (Å²) in [5, 5.41) is 4.25. The number of hydrogen-bond donors (Lipinski definition) is 1. The van der Waals surface area contributed by atoms with E-state index in [0.717, 1.165) is 39.1 Å². The van der Waals surface area contributed by atoms with Crippen LogP contribution in [0.25, 0.3) is 0 Å². The molecule has 2 heterocycles. The van der Waals surface area contributed by atoms with Gasteiger partial charge in [-0.2, -0.15) is 5.10 Å². The second-order valence-electron chi connectivity index (χ2n) is 6.58. The minimum atomic E-state index is 0.214. The van der Waals surface area contributed by atoms with Gasteiger partial charge in [-0.25, -0.2) is 0 Å². The van der Waals surface area contributed by atoms with Gasteiger partial charge in [-0.15, -0.1) is 0 Å². The molecular weight excluding hydrogens is 264 g/mol. The molecule has 1 unspecified atom stereocenters. The molecule has 3 rings (SSSR count). The van der Waals surface area contributed by atoms with Crippen molar-refractivity contribution in [1.29, 1.82) is 0 Å². The predicted molar refractivity (Wildman–Crippen MR) is 83.1 cm³/mol. The zero-order valence-corrected chi connectivity index (χ0v) is 13.1. The largest absolute Gasteiger partial charge is 0.379 e. The Bertz CT molecular complexity index is 447. The van der Waals surface area contributed by atoms with Crippen LogP contribution in [0.4, 0.5) is 0 Å². The van der Waals surface area contributed by atoms with Gasteiger partial charge < -0.3 is 10.5 Å². The van der Waals surface area contributed by atoms with E-state index in [-0.39, 0.29) is 11.6 Å². The molecule has 2 fully saturated rings. The van der Waals surface area contributed by atoms with Crippen LogP contribution in [0.2, 0.25) is 0 Å². The van der Waals surface area contributed by atoms with Gasteiger partial charge in [-0.05, 0) is 31.2 Å². The van der Waals surface area contributed by atoms with Crippen LogP contribution < -0.4 is 5.73 Å². The summed E-state index contributed by atoms with van der Waals surface area (Å²) >= 11 is 0. The van der Waals surface area contributed by atoms with E-state index >= 15 is 0 Å². The number of nitrogens with zero attached hydrogens (tertiary/aromatic N) is 3. The summed E-state index contributed by atoms with van der Waals surface area (Å²) < 4.78 is 7.39. The summed E-state index contributed by atoms with van der Waals surface area (Å²) in [6.45, 7) is 3.80. The molecule has 21 heavy (non-hydrogen) atoms. The van der Waals surface area contributed by atoms with Crippen LogP contribution in [-0.4, -0.2) is 52.6 Å². The average molecular weight is 292 g/mol. The first kappa shape index (κ1) is 15.0. The van der Waals surface area contributed by atoms with Crippen molar-refractivity contribution in [1.82, 2.24) is 14.7 Å². The fourth-order valence-electron chi connectivity index (χ4n) is 4.11. The van der Waals surface area contributed by atoms with E-state index in [9.17, 15) is 0 Å². The van der Waals surface area contributed by atoms with Crippen molar-refractivity contribution in [2.75, 3.05) is 26.3 Å². The van der Waals surface area contributed by atoms with E-state index in [2.05, 4.69) is 16.2 Å². The van der Waals surface area contributed by atoms with Crippen LogP contribution in [-0.2, 0) is 18.2 Å². The normalized spacial score (nSPS) is 24.3. The Balaban J connectivity index is 1.65. The topological polar surface area (TPSA) is 56.3 Å². The monoisotopic (exact) mass is 292 g/mol. The Hall–Kier alpha value is -0.910. The molecule has 5 nitrogen and oxygen atoms in total. The number of nitrogens with two attached hydrogens (primary N) is 1. The van der Waals surface area contributed by atoms with Crippen molar-refractivity contribution in [2.45, 2.75) is 50.1 Å². The lowest BCUT2D eigenvalue weighted by Crippen LogP contribution is -2.61. The van der Waals surface area contributed by atoms with Crippen LogP contribution >= 0.6 is 0 Å². The summed E-state index contributed by atoms with van der Waals surface area (Å²) in [5.74, 6) is 0. The molecule has 118 valence electrons. The summed E-state index contributed by atoms with van der Waals surface area (Å²) in [7, 11) is 1.97. The van der Waals surface area contributed by atoms with Crippen LogP contribution in [0.5, 0.6) is 0 Å². The van der Waals surface area contributed by atoms with Gasteiger partial charge in [0.05, 0.1) is 19.4 Å². The molecule has 1 atom stereocenters. The van der Waals surface area contributed by atoms with Gasteiger partial charge in [-0.1, -0.05) is 12.8 Å². The third kappa shape index (κ3) is 3.15. The number of ether oxygens (including phenoxy) is 1. The van der Waals surface area contributed by atoms with Gasteiger partial charge >= 0.3 is 0 Å². The molecule has 1 aliphatic carbocycles. The zero-order valence-electron chi connectivity index (χ0n) is 13.1. The van der Waals surface area contributed by atoms with Crippen molar-refractivity contribution in [2.24, 2.45) is 12.8 Å². The van der Waals surface area contributed by atoms with Crippen molar-refractivity contribution in [3.05, 3.63) is 18.0 Å². The van der Waals surface area contributed by atoms with Crippen LogP contribution in [0, 0.1) is 0 Å². The summed E-state index contributed by atoms with van der Waals surface area (Å²) in [6.07, 6.45) is 11.3. The minimum absolute atomic E-state index is 0.214. The summed E-state index contributed by atoms with van der Waals surface area (Å²) in [5.41, 5.74) is 8.20. The fourth-order valence-corrected chi connectivity index (χ4v) is 4.11. The standard InChI is InChI=1S/C16H28N4O/c1-19-13-14(12-18-19)4-5-15(17)16(6-2-3-7-16)20-8-10-21-11-9-20/h12-13,15H,2-11,17H2,1H3. The fraction of sp³-hybridized carbons (Fsp3) is 0.812. The van der Waals surface area contributed by atoms with E-state index < -0.39 is 0 Å². The molecule has 0 aromatic carbocycles. The molecular formula is C16H28N4O. The number of hydrogen-bond acceptors (Lipinski definition) is 4. The highest BCUT2D eigenvalue weighted by atomic mass is 16.5. The molecule has 2 aliphatic rings. The van der Waals surface area contributed by atoms with Gasteiger partial charge in [0, 0.05) is 37.9 Å². The highest BCUT2D eigenvalue weighted by Gasteiger charge is 2.44. The molecule has 1 saturated heterocycles. The second kappa shape index (κ2) is 6.46. The van der Waals surface area contributed by atoms with Crippen molar-refractivity contribution in [3.8, 4) is 0 Å². The van der Waals surface area contributed by atoms with Crippen molar-refractivity contribution in [3.63, 3.8) is 0 Å². The van der Waals surface area contributed by atoms with Crippen LogP contribution in [0.15, 0.2) is 12.4 Å². The molecule has 1 saturated carbocycles. The first-order valence-corrected chi connectivity index (χ1v) is 8.27.